The maximum atomic E-state index is 14.2. The number of urea groups is 1. The standard InChI is InChI=1S/C18H23FN4O2/c1-12(17-14(19)6-3-7-16(17)25-2)21-18(24)23-10-4-5-13(11-23)15-8-9-20-22-15/h3,6-9,12-13H,4-5,10-11H2,1-2H3,(H,20,22)(H,21,24)/t12-,13+/m0/s1. The van der Waals surface area contributed by atoms with E-state index in [0.717, 1.165) is 18.5 Å². The molecule has 1 aromatic heterocycles. The quantitative estimate of drug-likeness (QED) is 0.893. The van der Waals surface area contributed by atoms with Crippen molar-refractivity contribution in [3.8, 4) is 5.75 Å². The summed E-state index contributed by atoms with van der Waals surface area (Å²) in [5.74, 6) is 0.295. The van der Waals surface area contributed by atoms with Gasteiger partial charge in [-0.3, -0.25) is 5.10 Å². The van der Waals surface area contributed by atoms with Crippen molar-refractivity contribution in [3.63, 3.8) is 0 Å². The van der Waals surface area contributed by atoms with Crippen LogP contribution in [0.15, 0.2) is 30.5 Å². The molecule has 0 saturated carbocycles. The third-order valence-corrected chi connectivity index (χ3v) is 4.68. The number of hydrogen-bond donors (Lipinski definition) is 2. The number of nitrogens with one attached hydrogen (secondary N) is 2. The van der Waals surface area contributed by atoms with Crippen molar-refractivity contribution >= 4 is 6.03 Å². The van der Waals surface area contributed by atoms with Crippen LogP contribution in [0, 0.1) is 5.82 Å². The van der Waals surface area contributed by atoms with E-state index < -0.39 is 6.04 Å². The minimum atomic E-state index is -0.490. The highest BCUT2D eigenvalue weighted by Crippen LogP contribution is 2.29. The molecule has 1 aliphatic heterocycles. The molecule has 0 spiro atoms. The summed E-state index contributed by atoms with van der Waals surface area (Å²) in [4.78, 5) is 14.4. The second-order valence-corrected chi connectivity index (χ2v) is 6.32. The van der Waals surface area contributed by atoms with Crippen molar-refractivity contribution in [2.75, 3.05) is 20.2 Å². The van der Waals surface area contributed by atoms with Crippen LogP contribution in [0.5, 0.6) is 5.75 Å². The number of amides is 2. The van der Waals surface area contributed by atoms with Crippen molar-refractivity contribution in [3.05, 3.63) is 47.5 Å². The molecule has 2 N–H and O–H groups in total. The average molecular weight is 346 g/mol. The van der Waals surface area contributed by atoms with Gasteiger partial charge in [0, 0.05) is 30.9 Å². The predicted octanol–water partition coefficient (Wildman–Crippen LogP) is 3.21. The molecule has 2 amide bonds. The number of hydrogen-bond acceptors (Lipinski definition) is 3. The first-order valence-corrected chi connectivity index (χ1v) is 8.47. The lowest BCUT2D eigenvalue weighted by molar-refractivity contribution is 0.175. The summed E-state index contributed by atoms with van der Waals surface area (Å²) < 4.78 is 19.4. The van der Waals surface area contributed by atoms with Crippen molar-refractivity contribution < 1.29 is 13.9 Å². The van der Waals surface area contributed by atoms with Crippen molar-refractivity contribution in [1.82, 2.24) is 20.4 Å². The normalized spacial score (nSPS) is 18.7. The van der Waals surface area contributed by atoms with Crippen LogP contribution in [-0.2, 0) is 0 Å². The van der Waals surface area contributed by atoms with Crippen molar-refractivity contribution in [2.24, 2.45) is 0 Å². The summed E-state index contributed by atoms with van der Waals surface area (Å²) in [6, 6.07) is 5.91. The Hall–Kier alpha value is -2.57. The highest BCUT2D eigenvalue weighted by molar-refractivity contribution is 5.75. The molecule has 6 nitrogen and oxygen atoms in total. The van der Waals surface area contributed by atoms with Crippen LogP contribution in [0.3, 0.4) is 0 Å². The number of aromatic nitrogens is 2. The summed E-state index contributed by atoms with van der Waals surface area (Å²) >= 11 is 0. The van der Waals surface area contributed by atoms with E-state index in [0.29, 0.717) is 24.4 Å². The SMILES string of the molecule is COc1cccc(F)c1[C@H](C)NC(=O)N1CCC[C@@H](c2ccn[nH]2)C1. The summed E-state index contributed by atoms with van der Waals surface area (Å²) in [6.07, 6.45) is 3.66. The summed E-state index contributed by atoms with van der Waals surface area (Å²) in [6.45, 7) is 3.07. The number of benzene rings is 1. The maximum absolute atomic E-state index is 14.2. The van der Waals surface area contributed by atoms with Gasteiger partial charge in [-0.1, -0.05) is 6.07 Å². The van der Waals surface area contributed by atoms with Crippen molar-refractivity contribution in [2.45, 2.75) is 31.7 Å². The van der Waals surface area contributed by atoms with Crippen LogP contribution < -0.4 is 10.1 Å². The second kappa shape index (κ2) is 7.55. The Labute approximate surface area is 146 Å². The Balaban J connectivity index is 1.67. The van der Waals surface area contributed by atoms with E-state index in [9.17, 15) is 9.18 Å². The molecule has 2 aromatic rings. The summed E-state index contributed by atoms with van der Waals surface area (Å²) in [5.41, 5.74) is 1.40. The summed E-state index contributed by atoms with van der Waals surface area (Å²) in [5, 5.41) is 9.85. The fourth-order valence-electron chi connectivity index (χ4n) is 3.37. The Morgan fingerprint density at radius 1 is 1.48 bits per heavy atom. The lowest BCUT2D eigenvalue weighted by Crippen LogP contribution is -2.45. The Bertz CT molecular complexity index is 720. The van der Waals surface area contributed by atoms with Gasteiger partial charge in [-0.15, -0.1) is 0 Å². The molecule has 0 aliphatic carbocycles. The highest BCUT2D eigenvalue weighted by Gasteiger charge is 2.27. The average Bonchev–Trinajstić information content (AvgIpc) is 3.16. The summed E-state index contributed by atoms with van der Waals surface area (Å²) in [7, 11) is 1.49. The molecule has 1 saturated heterocycles. The first kappa shape index (κ1) is 17.3. The van der Waals surface area contributed by atoms with E-state index in [1.165, 1.54) is 13.2 Å². The highest BCUT2D eigenvalue weighted by atomic mass is 19.1. The van der Waals surface area contributed by atoms with Gasteiger partial charge in [0.15, 0.2) is 0 Å². The van der Waals surface area contributed by atoms with Gasteiger partial charge in [-0.05, 0) is 38.0 Å². The van der Waals surface area contributed by atoms with Crippen LogP contribution in [0.4, 0.5) is 9.18 Å². The molecule has 134 valence electrons. The van der Waals surface area contributed by atoms with Crippen LogP contribution >= 0.6 is 0 Å². The fourth-order valence-corrected chi connectivity index (χ4v) is 3.37. The molecule has 3 rings (SSSR count). The van der Waals surface area contributed by atoms with Gasteiger partial charge in [-0.25, -0.2) is 9.18 Å². The first-order valence-electron chi connectivity index (χ1n) is 8.47. The van der Waals surface area contributed by atoms with Crippen LogP contribution in [-0.4, -0.2) is 41.3 Å². The molecule has 0 bridgehead atoms. The van der Waals surface area contributed by atoms with E-state index in [1.54, 1.807) is 30.2 Å². The molecule has 1 aliphatic rings. The molecule has 2 atom stereocenters. The lowest BCUT2D eigenvalue weighted by atomic mass is 9.95. The zero-order valence-corrected chi connectivity index (χ0v) is 14.5. The number of nitrogens with zero attached hydrogens (tertiary/aromatic N) is 2. The van der Waals surface area contributed by atoms with E-state index in [1.807, 2.05) is 6.07 Å². The third-order valence-electron chi connectivity index (χ3n) is 4.68. The molecule has 1 fully saturated rings. The van der Waals surface area contributed by atoms with Gasteiger partial charge in [-0.2, -0.15) is 5.10 Å². The Morgan fingerprint density at radius 2 is 2.32 bits per heavy atom. The predicted molar refractivity (Wildman–Crippen MR) is 92.0 cm³/mol. The number of carbonyl (C=O) groups excluding carboxylic acids is 1. The zero-order valence-electron chi connectivity index (χ0n) is 14.5. The Kier molecular flexibility index (Phi) is 5.21. The Morgan fingerprint density at radius 3 is 3.04 bits per heavy atom. The van der Waals surface area contributed by atoms with E-state index in [4.69, 9.17) is 4.74 Å². The molecular formula is C18H23FN4O2. The molecule has 7 heteroatoms. The van der Waals surface area contributed by atoms with Gasteiger partial charge in [0.2, 0.25) is 0 Å². The number of piperidine rings is 1. The van der Waals surface area contributed by atoms with Gasteiger partial charge < -0.3 is 15.0 Å². The lowest BCUT2D eigenvalue weighted by Gasteiger charge is -2.33. The van der Waals surface area contributed by atoms with Gasteiger partial charge in [0.05, 0.1) is 18.7 Å². The number of methoxy groups -OCH3 is 1. The first-order chi connectivity index (χ1) is 12.1. The third kappa shape index (κ3) is 3.75. The minimum absolute atomic E-state index is 0.193. The number of rotatable bonds is 4. The monoisotopic (exact) mass is 346 g/mol. The minimum Gasteiger partial charge on any atom is -0.496 e. The van der Waals surface area contributed by atoms with Crippen LogP contribution in [0.1, 0.15) is 43.0 Å². The van der Waals surface area contributed by atoms with Gasteiger partial charge in [0.1, 0.15) is 11.6 Å². The smallest absolute Gasteiger partial charge is 0.317 e. The van der Waals surface area contributed by atoms with Crippen molar-refractivity contribution in [1.29, 1.82) is 0 Å². The molecular weight excluding hydrogens is 323 g/mol. The van der Waals surface area contributed by atoms with Gasteiger partial charge >= 0.3 is 6.03 Å². The molecule has 25 heavy (non-hydrogen) atoms. The fraction of sp³-hybridized carbons (Fsp3) is 0.444. The molecule has 1 aromatic carbocycles. The number of H-pyrrole nitrogens is 1. The number of aromatic amines is 1. The number of likely N-dealkylation sites (tertiary alicyclic amines) is 1. The molecule has 0 radical (unpaired) electrons. The molecule has 0 unspecified atom stereocenters. The topological polar surface area (TPSA) is 70.2 Å². The van der Waals surface area contributed by atoms with E-state index >= 15 is 0 Å². The number of ether oxygens (including phenoxy) is 1. The zero-order chi connectivity index (χ0) is 17.8. The number of halogens is 1. The number of carbonyl (C=O) groups is 1. The van der Waals surface area contributed by atoms with E-state index in [-0.39, 0.29) is 17.8 Å². The van der Waals surface area contributed by atoms with E-state index in [2.05, 4.69) is 15.5 Å². The second-order valence-electron chi connectivity index (χ2n) is 6.32. The largest absolute Gasteiger partial charge is 0.496 e. The molecule has 2 heterocycles. The van der Waals surface area contributed by atoms with Gasteiger partial charge in [0.25, 0.3) is 0 Å². The maximum Gasteiger partial charge on any atom is 0.317 e. The van der Waals surface area contributed by atoms with Crippen LogP contribution in [0.25, 0.3) is 0 Å². The van der Waals surface area contributed by atoms with Crippen LogP contribution in [0.2, 0.25) is 0 Å².